The predicted octanol–water partition coefficient (Wildman–Crippen LogP) is 2.93. The Morgan fingerprint density at radius 1 is 1.22 bits per heavy atom. The zero-order chi connectivity index (χ0) is 23.0. The van der Waals surface area contributed by atoms with E-state index in [2.05, 4.69) is 46.7 Å². The van der Waals surface area contributed by atoms with E-state index in [1.165, 1.54) is 5.56 Å². The molecule has 1 aliphatic rings. The molecule has 3 rings (SSSR count). The molecule has 0 spiro atoms. The van der Waals surface area contributed by atoms with Crippen molar-refractivity contribution in [1.29, 1.82) is 0 Å². The Balaban J connectivity index is 1.42. The summed E-state index contributed by atoms with van der Waals surface area (Å²) in [6.07, 6.45) is 4.76. The summed E-state index contributed by atoms with van der Waals surface area (Å²) in [5.41, 5.74) is 1.10. The van der Waals surface area contributed by atoms with E-state index in [4.69, 9.17) is 9.15 Å². The number of aliphatic imine (C=N–C) groups is 1. The van der Waals surface area contributed by atoms with Crippen LogP contribution in [0.3, 0.4) is 0 Å². The standard InChI is InChI=1S/C24H35N5O3/c1-5-25-23(28-15-22-27-14-20(32-22)24(2,3)4)26-13-12-17-6-10-19(11-7-17)31-16-21(30)29-18-8-9-18/h6-7,10-11,14,18H,5,8-9,12-13,15-16H2,1-4H3,(H,29,30)(H2,25,26,28). The van der Waals surface area contributed by atoms with Gasteiger partial charge in [-0.25, -0.2) is 9.98 Å². The minimum atomic E-state index is -0.0681. The number of hydrogen-bond acceptors (Lipinski definition) is 5. The van der Waals surface area contributed by atoms with Gasteiger partial charge in [-0.3, -0.25) is 4.79 Å². The Hall–Kier alpha value is -3.03. The molecule has 0 unspecified atom stereocenters. The van der Waals surface area contributed by atoms with Gasteiger partial charge in [-0.15, -0.1) is 0 Å². The van der Waals surface area contributed by atoms with E-state index in [0.29, 0.717) is 24.2 Å². The second-order valence-electron chi connectivity index (χ2n) is 9.01. The van der Waals surface area contributed by atoms with Crippen LogP contribution in [0.4, 0.5) is 0 Å². The second-order valence-corrected chi connectivity index (χ2v) is 9.01. The van der Waals surface area contributed by atoms with E-state index >= 15 is 0 Å². The summed E-state index contributed by atoms with van der Waals surface area (Å²) in [5.74, 6) is 2.83. The number of carbonyl (C=O) groups excluding carboxylic acids is 1. The van der Waals surface area contributed by atoms with Crippen molar-refractivity contribution in [3.63, 3.8) is 0 Å². The lowest BCUT2D eigenvalue weighted by molar-refractivity contribution is -0.123. The molecule has 2 aromatic rings. The summed E-state index contributed by atoms with van der Waals surface area (Å²) in [5, 5.41) is 9.50. The molecular formula is C24H35N5O3. The van der Waals surface area contributed by atoms with Crippen molar-refractivity contribution >= 4 is 11.9 Å². The molecule has 0 saturated heterocycles. The van der Waals surface area contributed by atoms with Gasteiger partial charge in [-0.05, 0) is 43.9 Å². The Labute approximate surface area is 190 Å². The lowest BCUT2D eigenvalue weighted by Crippen LogP contribution is -2.38. The van der Waals surface area contributed by atoms with Gasteiger partial charge >= 0.3 is 0 Å². The van der Waals surface area contributed by atoms with Gasteiger partial charge in [-0.1, -0.05) is 32.9 Å². The number of guanidine groups is 1. The van der Waals surface area contributed by atoms with Gasteiger partial charge in [-0.2, -0.15) is 0 Å². The third-order valence-electron chi connectivity index (χ3n) is 4.95. The molecule has 1 saturated carbocycles. The first-order chi connectivity index (χ1) is 15.3. The zero-order valence-corrected chi connectivity index (χ0v) is 19.5. The Bertz CT molecular complexity index is 895. The van der Waals surface area contributed by atoms with Gasteiger partial charge in [0.25, 0.3) is 5.91 Å². The largest absolute Gasteiger partial charge is 0.484 e. The summed E-state index contributed by atoms with van der Waals surface area (Å²) in [6, 6.07) is 8.18. The Morgan fingerprint density at radius 2 is 1.97 bits per heavy atom. The van der Waals surface area contributed by atoms with Gasteiger partial charge in [0, 0.05) is 24.5 Å². The maximum atomic E-state index is 11.7. The normalized spacial score (nSPS) is 14.2. The molecule has 0 bridgehead atoms. The van der Waals surface area contributed by atoms with E-state index in [9.17, 15) is 4.79 Å². The number of amides is 1. The van der Waals surface area contributed by atoms with Crippen molar-refractivity contribution in [3.05, 3.63) is 47.7 Å². The summed E-state index contributed by atoms with van der Waals surface area (Å²) in [6.45, 7) is 10.3. The summed E-state index contributed by atoms with van der Waals surface area (Å²) < 4.78 is 11.4. The minimum Gasteiger partial charge on any atom is -0.484 e. The van der Waals surface area contributed by atoms with Crippen LogP contribution in [-0.4, -0.2) is 42.6 Å². The van der Waals surface area contributed by atoms with E-state index in [0.717, 1.165) is 44.1 Å². The first-order valence-electron chi connectivity index (χ1n) is 11.3. The van der Waals surface area contributed by atoms with Gasteiger partial charge < -0.3 is 25.1 Å². The molecule has 0 aliphatic heterocycles. The fourth-order valence-corrected chi connectivity index (χ4v) is 2.94. The second kappa shape index (κ2) is 11.0. The number of nitrogens with zero attached hydrogens (tertiary/aromatic N) is 2. The summed E-state index contributed by atoms with van der Waals surface area (Å²) in [7, 11) is 0. The SMILES string of the molecule is CCNC(=NCc1ncc(C(C)(C)C)o1)NCCc1ccc(OCC(=O)NC2CC2)cc1. The molecule has 1 heterocycles. The molecule has 1 aromatic carbocycles. The average Bonchev–Trinajstić information content (AvgIpc) is 3.42. The number of hydrogen-bond donors (Lipinski definition) is 3. The van der Waals surface area contributed by atoms with Crippen molar-refractivity contribution in [2.45, 2.75) is 65.0 Å². The Morgan fingerprint density at radius 3 is 2.59 bits per heavy atom. The number of aromatic nitrogens is 1. The fourth-order valence-electron chi connectivity index (χ4n) is 2.94. The summed E-state index contributed by atoms with van der Waals surface area (Å²) >= 11 is 0. The highest BCUT2D eigenvalue weighted by Crippen LogP contribution is 2.22. The molecule has 0 radical (unpaired) electrons. The van der Waals surface area contributed by atoms with Crippen LogP contribution in [0, 0.1) is 0 Å². The average molecular weight is 442 g/mol. The Kier molecular flexibility index (Phi) is 8.14. The van der Waals surface area contributed by atoms with E-state index in [-0.39, 0.29) is 17.9 Å². The van der Waals surface area contributed by atoms with Crippen molar-refractivity contribution < 1.29 is 13.9 Å². The number of oxazole rings is 1. The van der Waals surface area contributed by atoms with Gasteiger partial charge in [0.2, 0.25) is 5.89 Å². The quantitative estimate of drug-likeness (QED) is 0.387. The van der Waals surface area contributed by atoms with Crippen molar-refractivity contribution in [2.75, 3.05) is 19.7 Å². The lowest BCUT2D eigenvalue weighted by Gasteiger charge is -2.13. The molecular weight excluding hydrogens is 406 g/mol. The van der Waals surface area contributed by atoms with Gasteiger partial charge in [0.15, 0.2) is 12.6 Å². The highest BCUT2D eigenvalue weighted by atomic mass is 16.5. The predicted molar refractivity (Wildman–Crippen MR) is 125 cm³/mol. The monoisotopic (exact) mass is 441 g/mol. The first kappa shape index (κ1) is 23.6. The van der Waals surface area contributed by atoms with Crippen LogP contribution in [0.5, 0.6) is 5.75 Å². The van der Waals surface area contributed by atoms with Crippen molar-refractivity contribution in [1.82, 2.24) is 20.9 Å². The topological polar surface area (TPSA) is 101 Å². The molecule has 174 valence electrons. The molecule has 8 heteroatoms. The van der Waals surface area contributed by atoms with Crippen LogP contribution < -0.4 is 20.7 Å². The highest BCUT2D eigenvalue weighted by molar-refractivity contribution is 5.79. The molecule has 0 atom stereocenters. The maximum Gasteiger partial charge on any atom is 0.258 e. The van der Waals surface area contributed by atoms with Gasteiger partial charge in [0.1, 0.15) is 18.1 Å². The first-order valence-corrected chi connectivity index (χ1v) is 11.3. The van der Waals surface area contributed by atoms with Crippen LogP contribution in [0.1, 0.15) is 57.8 Å². The third-order valence-corrected chi connectivity index (χ3v) is 4.95. The molecule has 1 aliphatic carbocycles. The fraction of sp³-hybridized carbons (Fsp3) is 0.542. The van der Waals surface area contributed by atoms with E-state index in [1.54, 1.807) is 6.20 Å². The molecule has 32 heavy (non-hydrogen) atoms. The van der Waals surface area contributed by atoms with Crippen LogP contribution in [0.15, 0.2) is 39.9 Å². The molecule has 3 N–H and O–H groups in total. The van der Waals surface area contributed by atoms with Gasteiger partial charge in [0.05, 0.1) is 6.20 Å². The maximum absolute atomic E-state index is 11.7. The number of rotatable bonds is 10. The number of benzene rings is 1. The smallest absolute Gasteiger partial charge is 0.258 e. The van der Waals surface area contributed by atoms with Crippen molar-refractivity contribution in [2.24, 2.45) is 4.99 Å². The molecule has 1 aromatic heterocycles. The lowest BCUT2D eigenvalue weighted by atomic mass is 9.94. The summed E-state index contributed by atoms with van der Waals surface area (Å²) in [4.78, 5) is 20.6. The number of carbonyl (C=O) groups is 1. The van der Waals surface area contributed by atoms with E-state index < -0.39 is 0 Å². The van der Waals surface area contributed by atoms with Crippen LogP contribution in [0.2, 0.25) is 0 Å². The molecule has 1 amide bonds. The third kappa shape index (κ3) is 7.90. The van der Waals surface area contributed by atoms with Crippen LogP contribution >= 0.6 is 0 Å². The molecule has 1 fully saturated rings. The van der Waals surface area contributed by atoms with E-state index in [1.807, 2.05) is 31.2 Å². The van der Waals surface area contributed by atoms with Crippen LogP contribution in [0.25, 0.3) is 0 Å². The zero-order valence-electron chi connectivity index (χ0n) is 19.5. The number of ether oxygens (including phenoxy) is 1. The van der Waals surface area contributed by atoms with Crippen LogP contribution in [-0.2, 0) is 23.2 Å². The molecule has 8 nitrogen and oxygen atoms in total. The number of nitrogens with one attached hydrogen (secondary N) is 3. The highest BCUT2D eigenvalue weighted by Gasteiger charge is 2.23. The minimum absolute atomic E-state index is 0.0572. The van der Waals surface area contributed by atoms with Crippen molar-refractivity contribution in [3.8, 4) is 5.75 Å².